The van der Waals surface area contributed by atoms with Crippen molar-refractivity contribution in [1.82, 2.24) is 19.7 Å². The van der Waals surface area contributed by atoms with Gasteiger partial charge in [-0.15, -0.1) is 10.2 Å². The number of halogens is 1. The molecule has 0 radical (unpaired) electrons. The summed E-state index contributed by atoms with van der Waals surface area (Å²) in [5.41, 5.74) is 0.289. The zero-order valence-electron chi connectivity index (χ0n) is 10.2. The molecule has 102 valence electrons. The minimum Gasteiger partial charge on any atom is -0.328 e. The lowest BCUT2D eigenvalue weighted by molar-refractivity contribution is 0.530. The summed E-state index contributed by atoms with van der Waals surface area (Å²) in [5, 5.41) is 7.13. The molecule has 0 saturated carbocycles. The van der Waals surface area contributed by atoms with Crippen molar-refractivity contribution in [3.8, 4) is 11.4 Å². The zero-order valence-corrected chi connectivity index (χ0v) is 11.7. The van der Waals surface area contributed by atoms with Gasteiger partial charge in [0.05, 0.1) is 0 Å². The highest BCUT2D eigenvalue weighted by Gasteiger charge is 2.24. The standard InChI is InChI=1S/C10H11ClN4O3S/c1-6(2)15-9(7-3-4-8(16)12-5-7)13-14-10(15)19(11,17)18/h3-6H,1-2H3,(H,12,16). The van der Waals surface area contributed by atoms with Crippen molar-refractivity contribution in [2.45, 2.75) is 25.0 Å². The van der Waals surface area contributed by atoms with Gasteiger partial charge in [-0.25, -0.2) is 8.42 Å². The Kier molecular flexibility index (Phi) is 3.46. The Morgan fingerprint density at radius 3 is 2.47 bits per heavy atom. The zero-order chi connectivity index (χ0) is 14.2. The number of aromatic amines is 1. The van der Waals surface area contributed by atoms with E-state index >= 15 is 0 Å². The number of pyridine rings is 1. The Morgan fingerprint density at radius 1 is 1.32 bits per heavy atom. The fraction of sp³-hybridized carbons (Fsp3) is 0.300. The number of H-pyrrole nitrogens is 1. The summed E-state index contributed by atoms with van der Waals surface area (Å²) in [7, 11) is 1.34. The van der Waals surface area contributed by atoms with Crippen LogP contribution >= 0.6 is 10.7 Å². The van der Waals surface area contributed by atoms with Crippen molar-refractivity contribution in [1.29, 1.82) is 0 Å². The van der Waals surface area contributed by atoms with Crippen LogP contribution in [0.25, 0.3) is 11.4 Å². The first-order valence-electron chi connectivity index (χ1n) is 5.39. The normalized spacial score (nSPS) is 12.0. The molecule has 0 saturated heterocycles. The van der Waals surface area contributed by atoms with E-state index in [2.05, 4.69) is 15.2 Å². The highest BCUT2D eigenvalue weighted by Crippen LogP contribution is 2.25. The largest absolute Gasteiger partial charge is 0.328 e. The molecule has 0 spiro atoms. The summed E-state index contributed by atoms with van der Waals surface area (Å²) >= 11 is 0. The van der Waals surface area contributed by atoms with E-state index < -0.39 is 9.05 Å². The molecular formula is C10H11ClN4O3S. The van der Waals surface area contributed by atoms with Crippen molar-refractivity contribution in [3.63, 3.8) is 0 Å². The molecule has 1 N–H and O–H groups in total. The highest BCUT2D eigenvalue weighted by molar-refractivity contribution is 8.13. The van der Waals surface area contributed by atoms with E-state index in [0.29, 0.717) is 11.4 Å². The van der Waals surface area contributed by atoms with Gasteiger partial charge >= 0.3 is 0 Å². The van der Waals surface area contributed by atoms with E-state index in [-0.39, 0.29) is 16.8 Å². The molecule has 0 aliphatic rings. The lowest BCUT2D eigenvalue weighted by Crippen LogP contribution is -2.11. The summed E-state index contributed by atoms with van der Waals surface area (Å²) in [5.74, 6) is 0.325. The number of aromatic nitrogens is 4. The van der Waals surface area contributed by atoms with Gasteiger partial charge in [0.2, 0.25) is 5.56 Å². The predicted molar refractivity (Wildman–Crippen MR) is 69.5 cm³/mol. The second-order valence-electron chi connectivity index (χ2n) is 4.15. The van der Waals surface area contributed by atoms with E-state index in [1.54, 1.807) is 13.8 Å². The molecule has 0 aromatic carbocycles. The Bertz CT molecular complexity index is 743. The van der Waals surface area contributed by atoms with E-state index in [9.17, 15) is 13.2 Å². The van der Waals surface area contributed by atoms with Crippen molar-refractivity contribution >= 4 is 19.7 Å². The Morgan fingerprint density at radius 2 is 2.00 bits per heavy atom. The number of nitrogens with zero attached hydrogens (tertiary/aromatic N) is 3. The summed E-state index contributed by atoms with van der Waals surface area (Å²) in [6.45, 7) is 3.56. The first kappa shape index (κ1) is 13.8. The molecule has 0 atom stereocenters. The molecular weight excluding hydrogens is 292 g/mol. The molecule has 2 aromatic heterocycles. The van der Waals surface area contributed by atoms with Crippen LogP contribution in [0.4, 0.5) is 0 Å². The van der Waals surface area contributed by atoms with Crippen molar-refractivity contribution in [3.05, 3.63) is 28.7 Å². The van der Waals surface area contributed by atoms with Crippen LogP contribution in [0.2, 0.25) is 0 Å². The van der Waals surface area contributed by atoms with Crippen LogP contribution in [0, 0.1) is 0 Å². The molecule has 0 aliphatic heterocycles. The minimum absolute atomic E-state index is 0.208. The fourth-order valence-corrected chi connectivity index (χ4v) is 2.64. The Balaban J connectivity index is 2.69. The first-order valence-corrected chi connectivity index (χ1v) is 7.70. The molecule has 7 nitrogen and oxygen atoms in total. The third-order valence-corrected chi connectivity index (χ3v) is 3.57. The molecule has 2 heterocycles. The van der Waals surface area contributed by atoms with Crippen LogP contribution in [0.3, 0.4) is 0 Å². The average molecular weight is 303 g/mol. The second kappa shape index (κ2) is 4.78. The van der Waals surface area contributed by atoms with Crippen molar-refractivity contribution in [2.24, 2.45) is 0 Å². The van der Waals surface area contributed by atoms with Gasteiger partial charge in [0.25, 0.3) is 14.2 Å². The van der Waals surface area contributed by atoms with Gasteiger partial charge in [-0.2, -0.15) is 0 Å². The van der Waals surface area contributed by atoms with E-state index in [1.807, 2.05) is 0 Å². The van der Waals surface area contributed by atoms with Crippen molar-refractivity contribution in [2.75, 3.05) is 0 Å². The maximum atomic E-state index is 11.4. The Hall–Kier alpha value is -1.67. The van der Waals surface area contributed by atoms with E-state index in [4.69, 9.17) is 10.7 Å². The summed E-state index contributed by atoms with van der Waals surface area (Å²) in [6, 6.07) is 2.65. The lowest BCUT2D eigenvalue weighted by atomic mass is 10.2. The second-order valence-corrected chi connectivity index (χ2v) is 6.61. The van der Waals surface area contributed by atoms with Gasteiger partial charge in [-0.3, -0.25) is 9.36 Å². The van der Waals surface area contributed by atoms with Crippen LogP contribution < -0.4 is 5.56 Å². The number of nitrogens with one attached hydrogen (secondary N) is 1. The predicted octanol–water partition coefficient (Wildman–Crippen LogP) is 1.14. The van der Waals surface area contributed by atoms with Gasteiger partial charge in [-0.05, 0) is 19.9 Å². The SMILES string of the molecule is CC(C)n1c(-c2ccc(=O)[nH]c2)nnc1S(=O)(=O)Cl. The molecule has 0 unspecified atom stereocenters. The van der Waals surface area contributed by atoms with Gasteiger partial charge in [0.15, 0.2) is 5.82 Å². The van der Waals surface area contributed by atoms with Crippen LogP contribution in [0.5, 0.6) is 0 Å². The van der Waals surface area contributed by atoms with Crippen LogP contribution in [0.15, 0.2) is 28.3 Å². The summed E-state index contributed by atoms with van der Waals surface area (Å²) in [6.07, 6.45) is 1.44. The van der Waals surface area contributed by atoms with Crippen LogP contribution in [0.1, 0.15) is 19.9 Å². The molecule has 0 bridgehead atoms. The topological polar surface area (TPSA) is 97.7 Å². The Labute approximate surface area is 113 Å². The fourth-order valence-electron chi connectivity index (χ4n) is 1.66. The summed E-state index contributed by atoms with van der Waals surface area (Å²) < 4.78 is 24.3. The third kappa shape index (κ3) is 2.69. The maximum absolute atomic E-state index is 11.4. The lowest BCUT2D eigenvalue weighted by Gasteiger charge is -2.12. The van der Waals surface area contributed by atoms with E-state index in [0.717, 1.165) is 0 Å². The molecule has 0 amide bonds. The molecule has 9 heteroatoms. The molecule has 0 aliphatic carbocycles. The first-order chi connectivity index (χ1) is 8.80. The maximum Gasteiger partial charge on any atom is 0.296 e. The quantitative estimate of drug-likeness (QED) is 0.857. The van der Waals surface area contributed by atoms with E-state index in [1.165, 1.54) is 22.9 Å². The number of hydrogen-bond acceptors (Lipinski definition) is 5. The average Bonchev–Trinajstić information content (AvgIpc) is 2.74. The minimum atomic E-state index is -3.98. The highest BCUT2D eigenvalue weighted by atomic mass is 35.7. The summed E-state index contributed by atoms with van der Waals surface area (Å²) in [4.78, 5) is 13.5. The third-order valence-electron chi connectivity index (χ3n) is 2.44. The van der Waals surface area contributed by atoms with Crippen molar-refractivity contribution < 1.29 is 8.42 Å². The molecule has 0 fully saturated rings. The number of rotatable bonds is 3. The number of hydrogen-bond donors (Lipinski definition) is 1. The monoisotopic (exact) mass is 302 g/mol. The molecule has 2 aromatic rings. The van der Waals surface area contributed by atoms with Gasteiger partial charge < -0.3 is 4.98 Å². The molecule has 19 heavy (non-hydrogen) atoms. The van der Waals surface area contributed by atoms with Crippen LogP contribution in [-0.4, -0.2) is 28.2 Å². The van der Waals surface area contributed by atoms with Crippen LogP contribution in [-0.2, 0) is 9.05 Å². The molecule has 2 rings (SSSR count). The van der Waals surface area contributed by atoms with Gasteiger partial charge in [-0.1, -0.05) is 0 Å². The van der Waals surface area contributed by atoms with Gasteiger partial charge in [0, 0.05) is 34.6 Å². The smallest absolute Gasteiger partial charge is 0.296 e. The van der Waals surface area contributed by atoms with Gasteiger partial charge in [0.1, 0.15) is 0 Å².